The summed E-state index contributed by atoms with van der Waals surface area (Å²) in [6.07, 6.45) is 6.80. The van der Waals surface area contributed by atoms with Crippen molar-refractivity contribution in [3.63, 3.8) is 0 Å². The summed E-state index contributed by atoms with van der Waals surface area (Å²) in [4.78, 5) is 0. The van der Waals surface area contributed by atoms with Crippen molar-refractivity contribution in [2.24, 2.45) is 5.41 Å². The van der Waals surface area contributed by atoms with Gasteiger partial charge >= 0.3 is 0 Å². The van der Waals surface area contributed by atoms with E-state index in [1.165, 1.54) is 19.3 Å². The van der Waals surface area contributed by atoms with Crippen LogP contribution in [0.2, 0.25) is 0 Å². The van der Waals surface area contributed by atoms with Crippen molar-refractivity contribution < 1.29 is 0 Å². The van der Waals surface area contributed by atoms with E-state index in [9.17, 15) is 0 Å². The molecule has 0 aliphatic heterocycles. The molecule has 0 bridgehead atoms. The lowest BCUT2D eigenvalue weighted by Gasteiger charge is -2.33. The highest BCUT2D eigenvalue weighted by atomic mass is 35.5. The maximum Gasteiger partial charge on any atom is 0.0628 e. The Morgan fingerprint density at radius 1 is 1.27 bits per heavy atom. The van der Waals surface area contributed by atoms with Crippen LogP contribution < -0.4 is 0 Å². The van der Waals surface area contributed by atoms with Crippen LogP contribution in [0.1, 0.15) is 38.5 Å². The molecular formula is C9H14ClN. The normalized spacial score (nSPS) is 22.5. The first-order valence-electron chi connectivity index (χ1n) is 4.26. The molecule has 0 atom stereocenters. The monoisotopic (exact) mass is 171 g/mol. The molecule has 0 aromatic carbocycles. The molecule has 0 radical (unpaired) electrons. The summed E-state index contributed by atoms with van der Waals surface area (Å²) in [6.45, 7) is 0. The van der Waals surface area contributed by atoms with Gasteiger partial charge in [-0.15, -0.1) is 11.6 Å². The number of hydrogen-bond donors (Lipinski definition) is 0. The second-order valence-electron chi connectivity index (χ2n) is 3.53. The topological polar surface area (TPSA) is 23.8 Å². The molecule has 2 heteroatoms. The van der Waals surface area contributed by atoms with Crippen molar-refractivity contribution in [3.8, 4) is 6.07 Å². The molecule has 1 fully saturated rings. The minimum Gasteiger partial charge on any atom is -0.198 e. The summed E-state index contributed by atoms with van der Waals surface area (Å²) >= 11 is 5.86. The molecule has 0 N–H and O–H groups in total. The molecule has 0 saturated heterocycles. The van der Waals surface area contributed by atoms with Gasteiger partial charge in [0.1, 0.15) is 0 Å². The second-order valence-corrected chi connectivity index (χ2v) is 3.80. The fourth-order valence-corrected chi connectivity index (χ4v) is 2.19. The molecule has 0 unspecified atom stereocenters. The third kappa shape index (κ3) is 2.10. The number of rotatable bonds is 2. The lowest BCUT2D eigenvalue weighted by atomic mass is 9.74. The predicted molar refractivity (Wildman–Crippen MR) is 46.5 cm³/mol. The van der Waals surface area contributed by atoms with Crippen LogP contribution in [0.3, 0.4) is 0 Å². The number of nitrogens with zero attached hydrogens (tertiary/aromatic N) is 1. The van der Waals surface area contributed by atoms with Crippen molar-refractivity contribution in [3.05, 3.63) is 0 Å². The predicted octanol–water partition coefficient (Wildman–Crippen LogP) is 3.09. The Hall–Kier alpha value is -0.220. The number of halogens is 1. The molecule has 62 valence electrons. The number of nitriles is 1. The molecule has 1 aliphatic rings. The van der Waals surface area contributed by atoms with Crippen molar-refractivity contribution in [1.29, 1.82) is 5.26 Å². The Morgan fingerprint density at radius 3 is 2.36 bits per heavy atom. The van der Waals surface area contributed by atoms with E-state index in [2.05, 4.69) is 6.07 Å². The van der Waals surface area contributed by atoms with Crippen LogP contribution in [0.15, 0.2) is 0 Å². The summed E-state index contributed by atoms with van der Waals surface area (Å²) in [5.41, 5.74) is 0.175. The SMILES string of the molecule is N#CCC1(CCl)CCCCC1. The van der Waals surface area contributed by atoms with Crippen LogP contribution in [-0.2, 0) is 0 Å². The van der Waals surface area contributed by atoms with Crippen LogP contribution in [0.25, 0.3) is 0 Å². The number of hydrogen-bond acceptors (Lipinski definition) is 1. The van der Waals surface area contributed by atoms with Crippen LogP contribution in [0.5, 0.6) is 0 Å². The Morgan fingerprint density at radius 2 is 1.91 bits per heavy atom. The molecule has 0 aromatic heterocycles. The minimum atomic E-state index is 0.175. The second kappa shape index (κ2) is 3.97. The third-order valence-electron chi connectivity index (χ3n) is 2.65. The highest BCUT2D eigenvalue weighted by Crippen LogP contribution is 2.39. The van der Waals surface area contributed by atoms with Crippen molar-refractivity contribution in [2.75, 3.05) is 5.88 Å². The van der Waals surface area contributed by atoms with E-state index >= 15 is 0 Å². The van der Waals surface area contributed by atoms with Gasteiger partial charge in [0.15, 0.2) is 0 Å². The molecule has 1 rings (SSSR count). The first-order valence-corrected chi connectivity index (χ1v) is 4.79. The molecule has 0 aromatic rings. The highest BCUT2D eigenvalue weighted by molar-refractivity contribution is 6.18. The van der Waals surface area contributed by atoms with Gasteiger partial charge in [-0.1, -0.05) is 19.3 Å². The summed E-state index contributed by atoms with van der Waals surface area (Å²) in [6, 6.07) is 2.24. The maximum atomic E-state index is 8.61. The Kier molecular flexibility index (Phi) is 3.20. The first kappa shape index (κ1) is 8.87. The van der Waals surface area contributed by atoms with Gasteiger partial charge in [-0.05, 0) is 18.3 Å². The molecule has 1 nitrogen and oxygen atoms in total. The van der Waals surface area contributed by atoms with Gasteiger partial charge in [0.05, 0.1) is 6.07 Å². The zero-order valence-electron chi connectivity index (χ0n) is 6.77. The Bertz CT molecular complexity index is 153. The molecular weight excluding hydrogens is 158 g/mol. The van der Waals surface area contributed by atoms with Gasteiger partial charge in [-0.25, -0.2) is 0 Å². The third-order valence-corrected chi connectivity index (χ3v) is 3.22. The molecule has 0 heterocycles. The lowest BCUT2D eigenvalue weighted by Crippen LogP contribution is -2.25. The van der Waals surface area contributed by atoms with E-state index < -0.39 is 0 Å². The lowest BCUT2D eigenvalue weighted by molar-refractivity contribution is 0.227. The Balaban J connectivity index is 2.51. The van der Waals surface area contributed by atoms with E-state index in [1.54, 1.807) is 0 Å². The van der Waals surface area contributed by atoms with Crippen LogP contribution in [0.4, 0.5) is 0 Å². The smallest absolute Gasteiger partial charge is 0.0628 e. The number of alkyl halides is 1. The molecule has 1 aliphatic carbocycles. The van der Waals surface area contributed by atoms with Gasteiger partial charge in [-0.2, -0.15) is 5.26 Å². The zero-order valence-corrected chi connectivity index (χ0v) is 7.53. The van der Waals surface area contributed by atoms with Gasteiger partial charge in [0.2, 0.25) is 0 Å². The highest BCUT2D eigenvalue weighted by Gasteiger charge is 2.30. The Labute approximate surface area is 73.3 Å². The molecule has 0 spiro atoms. The summed E-state index contributed by atoms with van der Waals surface area (Å²) < 4.78 is 0. The first-order chi connectivity index (χ1) is 5.33. The summed E-state index contributed by atoms with van der Waals surface area (Å²) in [5, 5.41) is 8.61. The quantitative estimate of drug-likeness (QED) is 0.586. The molecule has 0 amide bonds. The van der Waals surface area contributed by atoms with E-state index in [0.717, 1.165) is 12.8 Å². The molecule has 1 saturated carbocycles. The van der Waals surface area contributed by atoms with Crippen LogP contribution in [-0.4, -0.2) is 5.88 Å². The standard InChI is InChI=1S/C9H14ClN/c10-8-9(6-7-11)4-2-1-3-5-9/h1-6,8H2. The summed E-state index contributed by atoms with van der Waals surface area (Å²) in [5.74, 6) is 0.667. The van der Waals surface area contributed by atoms with Crippen molar-refractivity contribution >= 4 is 11.6 Å². The van der Waals surface area contributed by atoms with Gasteiger partial charge in [-0.3, -0.25) is 0 Å². The zero-order chi connectivity index (χ0) is 8.16. The minimum absolute atomic E-state index is 0.175. The fourth-order valence-electron chi connectivity index (χ4n) is 1.83. The average molecular weight is 172 g/mol. The van der Waals surface area contributed by atoms with E-state index in [4.69, 9.17) is 16.9 Å². The van der Waals surface area contributed by atoms with E-state index in [0.29, 0.717) is 12.3 Å². The molecule has 11 heavy (non-hydrogen) atoms. The van der Waals surface area contributed by atoms with Crippen molar-refractivity contribution in [2.45, 2.75) is 38.5 Å². The largest absolute Gasteiger partial charge is 0.198 e. The van der Waals surface area contributed by atoms with E-state index in [-0.39, 0.29) is 5.41 Å². The van der Waals surface area contributed by atoms with Crippen LogP contribution in [0, 0.1) is 16.7 Å². The van der Waals surface area contributed by atoms with Gasteiger partial charge in [0, 0.05) is 12.3 Å². The average Bonchev–Trinajstić information content (AvgIpc) is 2.07. The van der Waals surface area contributed by atoms with Crippen molar-refractivity contribution in [1.82, 2.24) is 0 Å². The van der Waals surface area contributed by atoms with E-state index in [1.807, 2.05) is 0 Å². The fraction of sp³-hybridized carbons (Fsp3) is 0.889. The summed E-state index contributed by atoms with van der Waals surface area (Å²) in [7, 11) is 0. The van der Waals surface area contributed by atoms with Gasteiger partial charge in [0.25, 0.3) is 0 Å². The van der Waals surface area contributed by atoms with Crippen LogP contribution >= 0.6 is 11.6 Å². The maximum absolute atomic E-state index is 8.61. The van der Waals surface area contributed by atoms with Gasteiger partial charge < -0.3 is 0 Å².